The summed E-state index contributed by atoms with van der Waals surface area (Å²) in [6.45, 7) is 5.27. The molecule has 0 aliphatic rings. The Balaban J connectivity index is 2.00. The molecule has 0 saturated carbocycles. The maximum absolute atomic E-state index is 12.3. The van der Waals surface area contributed by atoms with Gasteiger partial charge in [0.05, 0.1) is 0 Å². The number of primary amides is 1. The van der Waals surface area contributed by atoms with Gasteiger partial charge in [0.2, 0.25) is 0 Å². The molecule has 0 radical (unpaired) electrons. The second-order valence-electron chi connectivity index (χ2n) is 5.53. The number of nitrogens with zero attached hydrogens (tertiary/aromatic N) is 1. The minimum atomic E-state index is -0.942. The number of nitrogens with two attached hydrogens (primary N) is 1. The van der Waals surface area contributed by atoms with Crippen LogP contribution in [-0.2, 0) is 4.79 Å². The Morgan fingerprint density at radius 2 is 1.60 bits per heavy atom. The number of aryl methyl sites for hydroxylation is 2. The quantitative estimate of drug-likeness (QED) is 0.761. The Bertz CT molecular complexity index is 776. The van der Waals surface area contributed by atoms with Crippen molar-refractivity contribution in [2.24, 2.45) is 5.73 Å². The van der Waals surface area contributed by atoms with Crippen LogP contribution in [0, 0.1) is 13.8 Å². The highest BCUT2D eigenvalue weighted by atomic mass is 16.5. The molecule has 0 unspecified atom stereocenters. The van der Waals surface area contributed by atoms with Crippen LogP contribution >= 0.6 is 0 Å². The lowest BCUT2D eigenvalue weighted by molar-refractivity contribution is -0.126. The van der Waals surface area contributed by atoms with Crippen molar-refractivity contribution in [2.45, 2.75) is 26.9 Å². The van der Waals surface area contributed by atoms with Gasteiger partial charge in [0.1, 0.15) is 5.75 Å². The Kier molecular flexibility index (Phi) is 5.43. The molecular weight excluding hydrogens is 324 g/mol. The zero-order chi connectivity index (χ0) is 18.6. The highest BCUT2D eigenvalue weighted by Gasteiger charge is 2.16. The van der Waals surface area contributed by atoms with Gasteiger partial charge in [0.25, 0.3) is 11.8 Å². The molecule has 8 nitrogen and oxygen atoms in total. The van der Waals surface area contributed by atoms with Crippen LogP contribution in [-0.4, -0.2) is 28.6 Å². The predicted octanol–water partition coefficient (Wildman–Crippen LogP) is 1.45. The third-order valence-electron chi connectivity index (χ3n) is 3.53. The molecule has 4 amide bonds. The van der Waals surface area contributed by atoms with E-state index in [1.807, 2.05) is 31.3 Å². The third-order valence-corrected chi connectivity index (χ3v) is 3.53. The van der Waals surface area contributed by atoms with E-state index in [1.54, 1.807) is 28.9 Å². The summed E-state index contributed by atoms with van der Waals surface area (Å²) >= 11 is 0. The van der Waals surface area contributed by atoms with Crippen LogP contribution in [0.2, 0.25) is 0 Å². The summed E-state index contributed by atoms with van der Waals surface area (Å²) in [5.41, 5.74) is 9.95. The van der Waals surface area contributed by atoms with Crippen molar-refractivity contribution in [1.82, 2.24) is 9.99 Å². The second-order valence-corrected chi connectivity index (χ2v) is 5.53. The van der Waals surface area contributed by atoms with Gasteiger partial charge in [-0.1, -0.05) is 0 Å². The lowest BCUT2D eigenvalue weighted by Gasteiger charge is -2.14. The fraction of sp³-hybridized carbons (Fsp3) is 0.235. The first-order valence-corrected chi connectivity index (χ1v) is 7.61. The highest BCUT2D eigenvalue weighted by molar-refractivity contribution is 6.00. The van der Waals surface area contributed by atoms with E-state index in [0.29, 0.717) is 11.3 Å². The molecule has 1 heterocycles. The number of carbonyl (C=O) groups excluding carboxylic acids is 3. The van der Waals surface area contributed by atoms with E-state index in [1.165, 1.54) is 6.92 Å². The molecular formula is C17H20N4O4. The number of hydrogen-bond donors (Lipinski definition) is 3. The molecule has 1 aromatic carbocycles. The largest absolute Gasteiger partial charge is 0.481 e. The van der Waals surface area contributed by atoms with Crippen molar-refractivity contribution >= 4 is 17.8 Å². The van der Waals surface area contributed by atoms with E-state index in [9.17, 15) is 14.4 Å². The Hall–Kier alpha value is -3.29. The second kappa shape index (κ2) is 7.52. The summed E-state index contributed by atoms with van der Waals surface area (Å²) in [6, 6.07) is 9.17. The summed E-state index contributed by atoms with van der Waals surface area (Å²) in [5, 5.41) is 1.94. The lowest BCUT2D eigenvalue weighted by atomic mass is 10.2. The predicted molar refractivity (Wildman–Crippen MR) is 91.9 cm³/mol. The molecule has 2 rings (SSSR count). The number of amides is 4. The fourth-order valence-corrected chi connectivity index (χ4v) is 2.18. The summed E-state index contributed by atoms with van der Waals surface area (Å²) in [5.74, 6) is -0.529. The Morgan fingerprint density at radius 1 is 1.04 bits per heavy atom. The first-order chi connectivity index (χ1) is 11.8. The van der Waals surface area contributed by atoms with E-state index in [-0.39, 0.29) is 5.91 Å². The van der Waals surface area contributed by atoms with Gasteiger partial charge in [-0.05, 0) is 57.2 Å². The molecule has 25 heavy (non-hydrogen) atoms. The van der Waals surface area contributed by atoms with E-state index in [0.717, 1.165) is 11.4 Å². The molecule has 0 fully saturated rings. The zero-order valence-electron chi connectivity index (χ0n) is 14.2. The molecule has 0 spiro atoms. The molecule has 2 aromatic rings. The first-order valence-electron chi connectivity index (χ1n) is 7.61. The maximum Gasteiger partial charge on any atom is 0.318 e. The van der Waals surface area contributed by atoms with Crippen LogP contribution < -0.4 is 21.2 Å². The molecule has 0 aliphatic carbocycles. The maximum atomic E-state index is 12.3. The van der Waals surface area contributed by atoms with Crippen molar-refractivity contribution < 1.29 is 19.1 Å². The van der Waals surface area contributed by atoms with E-state index < -0.39 is 18.0 Å². The summed E-state index contributed by atoms with van der Waals surface area (Å²) in [7, 11) is 0. The van der Waals surface area contributed by atoms with Gasteiger partial charge >= 0.3 is 6.03 Å². The molecule has 132 valence electrons. The molecule has 1 atom stereocenters. The fourth-order valence-electron chi connectivity index (χ4n) is 2.18. The van der Waals surface area contributed by atoms with Crippen LogP contribution in [0.3, 0.4) is 0 Å². The number of ether oxygens (including phenoxy) is 1. The van der Waals surface area contributed by atoms with E-state index in [2.05, 4.69) is 5.43 Å². The summed E-state index contributed by atoms with van der Waals surface area (Å²) in [4.78, 5) is 34.5. The van der Waals surface area contributed by atoms with Crippen LogP contribution in [0.4, 0.5) is 4.79 Å². The van der Waals surface area contributed by atoms with Gasteiger partial charge in [0, 0.05) is 17.0 Å². The number of benzene rings is 1. The molecule has 1 aromatic heterocycles. The molecule has 4 N–H and O–H groups in total. The minimum absolute atomic E-state index is 0.270. The number of urea groups is 1. The van der Waals surface area contributed by atoms with Crippen molar-refractivity contribution in [1.29, 1.82) is 0 Å². The Labute approximate surface area is 144 Å². The molecule has 8 heteroatoms. The number of imide groups is 1. The van der Waals surface area contributed by atoms with Crippen molar-refractivity contribution in [3.63, 3.8) is 0 Å². The molecule has 0 bridgehead atoms. The van der Waals surface area contributed by atoms with Crippen LogP contribution in [0.15, 0.2) is 36.4 Å². The van der Waals surface area contributed by atoms with E-state index >= 15 is 0 Å². The minimum Gasteiger partial charge on any atom is -0.481 e. The van der Waals surface area contributed by atoms with Gasteiger partial charge in [0.15, 0.2) is 6.10 Å². The third kappa shape index (κ3) is 4.60. The summed E-state index contributed by atoms with van der Waals surface area (Å²) < 4.78 is 7.10. The van der Waals surface area contributed by atoms with Crippen LogP contribution in [0.5, 0.6) is 5.75 Å². The Morgan fingerprint density at radius 3 is 2.12 bits per heavy atom. The zero-order valence-corrected chi connectivity index (χ0v) is 14.2. The van der Waals surface area contributed by atoms with Crippen molar-refractivity contribution in [3.05, 3.63) is 53.3 Å². The topological polar surface area (TPSA) is 115 Å². The van der Waals surface area contributed by atoms with Gasteiger partial charge in [-0.25, -0.2) is 4.79 Å². The SMILES string of the molecule is Cc1ccc(C)n1NC(=O)c1ccc(O[C@H](C)C(=O)NC(N)=O)cc1. The monoisotopic (exact) mass is 344 g/mol. The van der Waals surface area contributed by atoms with Crippen molar-refractivity contribution in [2.75, 3.05) is 5.43 Å². The van der Waals surface area contributed by atoms with Gasteiger partial charge in [-0.15, -0.1) is 0 Å². The van der Waals surface area contributed by atoms with Crippen LogP contribution in [0.1, 0.15) is 28.7 Å². The van der Waals surface area contributed by atoms with E-state index in [4.69, 9.17) is 10.5 Å². The smallest absolute Gasteiger partial charge is 0.318 e. The van der Waals surface area contributed by atoms with Gasteiger partial charge in [-0.2, -0.15) is 0 Å². The first kappa shape index (κ1) is 18.1. The molecule has 0 saturated heterocycles. The average Bonchev–Trinajstić information content (AvgIpc) is 2.86. The standard InChI is InChI=1S/C17H20N4O4/c1-10-4-5-11(2)21(10)20-16(23)13-6-8-14(9-7-13)25-12(3)15(22)19-17(18)24/h4-9,12H,1-3H3,(H,20,23)(H3,18,19,22,24)/t12-/m1/s1. The number of carbonyl (C=O) groups is 3. The van der Waals surface area contributed by atoms with Crippen molar-refractivity contribution in [3.8, 4) is 5.75 Å². The highest BCUT2D eigenvalue weighted by Crippen LogP contribution is 2.15. The lowest BCUT2D eigenvalue weighted by Crippen LogP contribution is -2.42. The summed E-state index contributed by atoms with van der Waals surface area (Å²) in [6.07, 6.45) is -0.905. The number of nitrogens with one attached hydrogen (secondary N) is 2. The molecule has 0 aliphatic heterocycles. The number of aromatic nitrogens is 1. The average molecular weight is 344 g/mol. The van der Waals surface area contributed by atoms with Gasteiger partial charge < -0.3 is 10.5 Å². The van der Waals surface area contributed by atoms with Crippen LogP contribution in [0.25, 0.3) is 0 Å². The van der Waals surface area contributed by atoms with Gasteiger partial charge in [-0.3, -0.25) is 25.0 Å². The number of rotatable bonds is 5. The number of hydrogen-bond acceptors (Lipinski definition) is 4. The normalized spacial score (nSPS) is 11.5.